The minimum Gasteiger partial charge on any atom is -0.480 e. The van der Waals surface area contributed by atoms with Crippen LogP contribution in [-0.4, -0.2) is 132 Å². The van der Waals surface area contributed by atoms with Crippen molar-refractivity contribution in [1.29, 1.82) is 0 Å². The Kier molecular flexibility index (Phi) is 31.9. The zero-order valence-electron chi connectivity index (χ0n) is 50.8. The third kappa shape index (κ3) is 27.0. The second-order valence-corrected chi connectivity index (χ2v) is 23.0. The molecule has 0 aliphatic rings. The maximum atomic E-state index is 14.2. The number of hydrogen-bond donors (Lipinski definition) is 13. The Morgan fingerprint density at radius 2 is 0.678 bits per heavy atom. The average molecular weight is 1200 g/mol. The van der Waals surface area contributed by atoms with Crippen LogP contribution in [-0.2, 0) is 68.8 Å². The van der Waals surface area contributed by atoms with E-state index in [0.717, 1.165) is 22.3 Å². The second kappa shape index (κ2) is 38.9. The molecule has 22 nitrogen and oxygen atoms in total. The van der Waals surface area contributed by atoms with Gasteiger partial charge in [-0.25, -0.2) is 4.79 Å². The highest BCUT2D eigenvalue weighted by Crippen LogP contribution is 2.14. The molecule has 0 unspecified atom stereocenters. The number of hydrogen-bond acceptors (Lipinski definition) is 13. The standard InChI is InChI=1S/C65H94N12O10/c1-42(2)32-33-52(73-63(84)55(40-46-25-13-7-14-26-46)75-57(78)48(68)38-44-21-9-5-10-22-44)61(82)72-51(31-20-35-67)60(81)74-53(65(86)87)29-17-18-36-70-59(80)50(30-19-34-66)71-62(83)54(37-43(3)4)77-64(85)56(41-47-27-15-8-16-28-47)76-58(79)49(69)39-45-23-11-6-12-24-45/h5-16,21-28,42-43,48-56H,17-20,29-41,66-69H2,1-4H3,(H,70,80)(H,71,83)(H,72,82)(H,73,84)(H,74,81)(H,75,78)(H,76,79)(H,77,85)(H,86,87)/t48-,49-,50-,51-,52-,53-,54-,55-,56-/m1/s1. The zero-order valence-corrected chi connectivity index (χ0v) is 50.8. The molecule has 0 saturated heterocycles. The molecule has 4 rings (SSSR count). The molecule has 0 bridgehead atoms. The van der Waals surface area contributed by atoms with E-state index in [1.807, 2.05) is 137 Å². The topological polar surface area (TPSA) is 374 Å². The zero-order chi connectivity index (χ0) is 63.7. The molecule has 0 fully saturated rings. The molecule has 0 aromatic heterocycles. The van der Waals surface area contributed by atoms with Gasteiger partial charge in [-0.1, -0.05) is 149 Å². The lowest BCUT2D eigenvalue weighted by Gasteiger charge is -2.27. The van der Waals surface area contributed by atoms with Crippen molar-refractivity contribution < 1.29 is 48.3 Å². The van der Waals surface area contributed by atoms with Crippen molar-refractivity contribution in [2.75, 3.05) is 19.6 Å². The number of rotatable bonds is 40. The largest absolute Gasteiger partial charge is 0.480 e. The molecule has 17 N–H and O–H groups in total. The predicted octanol–water partition coefficient (Wildman–Crippen LogP) is 2.34. The van der Waals surface area contributed by atoms with Gasteiger partial charge in [0.2, 0.25) is 47.3 Å². The first-order valence-corrected chi connectivity index (χ1v) is 30.4. The van der Waals surface area contributed by atoms with Crippen LogP contribution < -0.4 is 65.5 Å². The van der Waals surface area contributed by atoms with Crippen LogP contribution in [0.5, 0.6) is 0 Å². The molecule has 4 aromatic rings. The number of carboxylic acids is 1. The normalized spacial score (nSPS) is 14.3. The molecule has 87 heavy (non-hydrogen) atoms. The Labute approximate surface area is 512 Å². The third-order valence-corrected chi connectivity index (χ3v) is 14.6. The predicted molar refractivity (Wildman–Crippen MR) is 335 cm³/mol. The van der Waals surface area contributed by atoms with Gasteiger partial charge < -0.3 is 70.6 Å². The van der Waals surface area contributed by atoms with Crippen LogP contribution in [0.1, 0.15) is 114 Å². The van der Waals surface area contributed by atoms with Crippen molar-refractivity contribution in [2.24, 2.45) is 34.8 Å². The molecule has 0 radical (unpaired) electrons. The Hall–Kier alpha value is -8.05. The number of nitrogens with two attached hydrogens (primary N) is 4. The summed E-state index contributed by atoms with van der Waals surface area (Å²) in [5.41, 5.74) is 27.5. The summed E-state index contributed by atoms with van der Waals surface area (Å²) in [4.78, 5) is 124. The molecule has 8 amide bonds. The smallest absolute Gasteiger partial charge is 0.326 e. The lowest BCUT2D eigenvalue weighted by atomic mass is 10.00. The minimum absolute atomic E-state index is 0.0491. The van der Waals surface area contributed by atoms with Gasteiger partial charge >= 0.3 is 5.97 Å². The van der Waals surface area contributed by atoms with Gasteiger partial charge in [-0.05, 0) is 124 Å². The van der Waals surface area contributed by atoms with Crippen molar-refractivity contribution in [1.82, 2.24) is 42.5 Å². The molecule has 0 spiro atoms. The van der Waals surface area contributed by atoms with E-state index in [1.165, 1.54) is 0 Å². The molecule has 0 aliphatic heterocycles. The fraction of sp³-hybridized carbons (Fsp3) is 0.492. The second-order valence-electron chi connectivity index (χ2n) is 23.0. The summed E-state index contributed by atoms with van der Waals surface area (Å²) in [6.07, 6.45) is 2.84. The van der Waals surface area contributed by atoms with Gasteiger partial charge in [-0.15, -0.1) is 0 Å². The van der Waals surface area contributed by atoms with E-state index in [4.69, 9.17) is 22.9 Å². The van der Waals surface area contributed by atoms with E-state index in [2.05, 4.69) is 42.5 Å². The van der Waals surface area contributed by atoms with Gasteiger partial charge in [0.1, 0.15) is 42.3 Å². The Bertz CT molecular complexity index is 2760. The number of carbonyl (C=O) groups is 9. The van der Waals surface area contributed by atoms with E-state index in [-0.39, 0.29) is 109 Å². The van der Waals surface area contributed by atoms with E-state index in [0.29, 0.717) is 12.8 Å². The molecule has 9 atom stereocenters. The van der Waals surface area contributed by atoms with Gasteiger partial charge in [0.15, 0.2) is 0 Å². The summed E-state index contributed by atoms with van der Waals surface area (Å²) in [6, 6.07) is 26.5. The Morgan fingerprint density at radius 3 is 1.06 bits per heavy atom. The highest BCUT2D eigenvalue weighted by Gasteiger charge is 2.34. The van der Waals surface area contributed by atoms with E-state index < -0.39 is 108 Å². The maximum Gasteiger partial charge on any atom is 0.326 e. The first-order valence-electron chi connectivity index (χ1n) is 30.4. The van der Waals surface area contributed by atoms with Crippen molar-refractivity contribution in [3.05, 3.63) is 144 Å². The van der Waals surface area contributed by atoms with Crippen molar-refractivity contribution in [3.63, 3.8) is 0 Å². The summed E-state index contributed by atoms with van der Waals surface area (Å²) < 4.78 is 0. The van der Waals surface area contributed by atoms with E-state index >= 15 is 0 Å². The van der Waals surface area contributed by atoms with Gasteiger partial charge in [0.25, 0.3) is 0 Å². The number of amides is 8. The quantitative estimate of drug-likeness (QED) is 0.0285. The Morgan fingerprint density at radius 1 is 0.356 bits per heavy atom. The van der Waals surface area contributed by atoms with Crippen LogP contribution in [0.25, 0.3) is 0 Å². The van der Waals surface area contributed by atoms with Crippen LogP contribution in [0.15, 0.2) is 121 Å². The third-order valence-electron chi connectivity index (χ3n) is 14.6. The van der Waals surface area contributed by atoms with Gasteiger partial charge in [0, 0.05) is 19.4 Å². The number of unbranched alkanes of at least 4 members (excludes halogenated alkanes) is 1. The molecule has 0 saturated carbocycles. The van der Waals surface area contributed by atoms with Gasteiger partial charge in [-0.2, -0.15) is 0 Å². The molecule has 0 aliphatic carbocycles. The van der Waals surface area contributed by atoms with E-state index in [1.54, 1.807) is 12.1 Å². The van der Waals surface area contributed by atoms with Crippen LogP contribution >= 0.6 is 0 Å². The van der Waals surface area contributed by atoms with E-state index in [9.17, 15) is 48.3 Å². The molecular weight excluding hydrogens is 1110 g/mol. The van der Waals surface area contributed by atoms with Crippen LogP contribution in [0.2, 0.25) is 0 Å². The highest BCUT2D eigenvalue weighted by molar-refractivity contribution is 5.97. The number of nitrogens with one attached hydrogen (secondary N) is 8. The summed E-state index contributed by atoms with van der Waals surface area (Å²) in [5, 5.41) is 32.4. The van der Waals surface area contributed by atoms with Crippen LogP contribution in [0.3, 0.4) is 0 Å². The van der Waals surface area contributed by atoms with Crippen molar-refractivity contribution in [2.45, 2.75) is 172 Å². The van der Waals surface area contributed by atoms with Crippen molar-refractivity contribution in [3.8, 4) is 0 Å². The fourth-order valence-electron chi connectivity index (χ4n) is 9.68. The average Bonchev–Trinajstić information content (AvgIpc) is 3.04. The first kappa shape index (κ1) is 71.4. The first-order chi connectivity index (χ1) is 41.7. The number of aliphatic carboxylic acids is 1. The summed E-state index contributed by atoms with van der Waals surface area (Å²) in [6.45, 7) is 8.11. The summed E-state index contributed by atoms with van der Waals surface area (Å²) >= 11 is 0. The highest BCUT2D eigenvalue weighted by atomic mass is 16.4. The number of benzene rings is 4. The van der Waals surface area contributed by atoms with Gasteiger partial charge in [-0.3, -0.25) is 38.4 Å². The fourth-order valence-corrected chi connectivity index (χ4v) is 9.68. The number of carboxylic acid groups (broad SMARTS) is 1. The lowest BCUT2D eigenvalue weighted by Crippen LogP contribution is -2.59. The molecule has 0 heterocycles. The summed E-state index contributed by atoms with van der Waals surface area (Å²) in [5.74, 6) is -6.28. The molecule has 22 heteroatoms. The van der Waals surface area contributed by atoms with Crippen LogP contribution in [0.4, 0.5) is 0 Å². The molecular formula is C65H94N12O10. The van der Waals surface area contributed by atoms with Crippen LogP contribution in [0, 0.1) is 11.8 Å². The molecule has 474 valence electrons. The minimum atomic E-state index is -1.39. The Balaban J connectivity index is 1.38. The maximum absolute atomic E-state index is 14.2. The van der Waals surface area contributed by atoms with Crippen molar-refractivity contribution >= 4 is 53.2 Å². The summed E-state index contributed by atoms with van der Waals surface area (Å²) in [7, 11) is 0. The number of carbonyl (C=O) groups excluding carboxylic acids is 8. The monoisotopic (exact) mass is 1200 g/mol. The lowest BCUT2D eigenvalue weighted by molar-refractivity contribution is -0.142. The molecule has 4 aromatic carbocycles. The van der Waals surface area contributed by atoms with Gasteiger partial charge in [0.05, 0.1) is 12.1 Å². The SMILES string of the molecule is CC(C)CC[C@@H](NC(=O)[C@@H](Cc1ccccc1)NC(=O)[C@H](N)Cc1ccccc1)C(=O)N[C@H](CCCN)C(=O)N[C@H](CCCCNC(=O)[C@@H](CCCN)NC(=O)[C@@H](CC(C)C)NC(=O)[C@@H](Cc1ccccc1)NC(=O)[C@H](N)Cc1ccccc1)C(=O)O.